The Morgan fingerprint density at radius 2 is 1.85 bits per heavy atom. The van der Waals surface area contributed by atoms with Gasteiger partial charge in [-0.1, -0.05) is 19.4 Å². The molecule has 4 nitrogen and oxygen atoms in total. The summed E-state index contributed by atoms with van der Waals surface area (Å²) in [6.45, 7) is 5.26. The molecule has 0 aromatic carbocycles. The minimum atomic E-state index is -0.0577. The fraction of sp³-hybridized carbons (Fsp3) is 0.727. The number of hydrogen-bond donors (Lipinski definition) is 2. The summed E-state index contributed by atoms with van der Waals surface area (Å²) in [5.41, 5.74) is 0.916. The fourth-order valence-electron chi connectivity index (χ4n) is 5.64. The molecule has 0 aromatic heterocycles. The van der Waals surface area contributed by atoms with E-state index in [1.807, 2.05) is 6.08 Å². The van der Waals surface area contributed by atoms with Crippen molar-refractivity contribution in [3.63, 3.8) is 0 Å². The summed E-state index contributed by atoms with van der Waals surface area (Å²) in [5.74, 6) is 3.49. The van der Waals surface area contributed by atoms with E-state index in [0.717, 1.165) is 24.3 Å². The van der Waals surface area contributed by atoms with E-state index in [0.29, 0.717) is 48.2 Å². The molecule has 0 spiro atoms. The first-order chi connectivity index (χ1) is 12.5. The smallest absolute Gasteiger partial charge is 0.161 e. The third kappa shape index (κ3) is 3.46. The third-order valence-electron chi connectivity index (χ3n) is 7.13. The Balaban J connectivity index is 1.56. The Kier molecular flexibility index (Phi) is 5.15. The first-order valence-electron chi connectivity index (χ1n) is 10.3. The highest BCUT2D eigenvalue weighted by atomic mass is 16.7. The normalized spacial score (nSPS) is 43.3. The van der Waals surface area contributed by atoms with Crippen molar-refractivity contribution in [1.82, 2.24) is 0 Å². The molecule has 2 aliphatic carbocycles. The summed E-state index contributed by atoms with van der Waals surface area (Å²) in [7, 11) is 0. The van der Waals surface area contributed by atoms with Crippen LogP contribution < -0.4 is 0 Å². The quantitative estimate of drug-likeness (QED) is 0.724. The average molecular weight is 360 g/mol. The maximum Gasteiger partial charge on any atom is 0.161 e. The zero-order valence-electron chi connectivity index (χ0n) is 15.9. The minimum Gasteiger partial charge on any atom is -0.512 e. The summed E-state index contributed by atoms with van der Waals surface area (Å²) < 4.78 is 12.5. The van der Waals surface area contributed by atoms with Crippen molar-refractivity contribution in [2.75, 3.05) is 6.61 Å². The van der Waals surface area contributed by atoms with E-state index in [1.165, 1.54) is 19.3 Å². The van der Waals surface area contributed by atoms with Gasteiger partial charge >= 0.3 is 0 Å². The second-order valence-corrected chi connectivity index (χ2v) is 8.79. The van der Waals surface area contributed by atoms with Crippen LogP contribution in [-0.4, -0.2) is 29.2 Å². The summed E-state index contributed by atoms with van der Waals surface area (Å²) in [6.07, 6.45) is 11.6. The molecular formula is C22H32O4. The number of allylic oxidation sites excluding steroid dienone is 4. The van der Waals surface area contributed by atoms with Crippen LogP contribution in [0, 0.1) is 29.6 Å². The topological polar surface area (TPSA) is 58.9 Å². The number of aliphatic hydroxyl groups excluding tert-OH is 2. The predicted molar refractivity (Wildman–Crippen MR) is 101 cm³/mol. The van der Waals surface area contributed by atoms with E-state index >= 15 is 0 Å². The molecule has 26 heavy (non-hydrogen) atoms. The zero-order chi connectivity index (χ0) is 18.3. The first kappa shape index (κ1) is 18.1. The molecule has 0 amide bonds. The highest BCUT2D eigenvalue weighted by molar-refractivity contribution is 5.33. The summed E-state index contributed by atoms with van der Waals surface area (Å²) in [4.78, 5) is 0. The molecule has 0 aromatic rings. The van der Waals surface area contributed by atoms with Crippen LogP contribution in [0.4, 0.5) is 0 Å². The van der Waals surface area contributed by atoms with Gasteiger partial charge in [-0.2, -0.15) is 0 Å². The molecule has 2 heterocycles. The lowest BCUT2D eigenvalue weighted by Gasteiger charge is -2.50. The molecule has 4 rings (SSSR count). The Morgan fingerprint density at radius 1 is 1.04 bits per heavy atom. The third-order valence-corrected chi connectivity index (χ3v) is 7.13. The van der Waals surface area contributed by atoms with Crippen LogP contribution in [0.25, 0.3) is 0 Å². The van der Waals surface area contributed by atoms with Crippen LogP contribution in [-0.2, 0) is 9.47 Å². The Hall–Kier alpha value is -1.26. The molecule has 7 atom stereocenters. The number of rotatable bonds is 2. The highest BCUT2D eigenvalue weighted by Gasteiger charge is 2.50. The van der Waals surface area contributed by atoms with Crippen molar-refractivity contribution < 1.29 is 19.7 Å². The first-order valence-corrected chi connectivity index (χ1v) is 10.3. The maximum absolute atomic E-state index is 10.4. The molecule has 2 N–H and O–H groups in total. The molecule has 4 aliphatic rings. The van der Waals surface area contributed by atoms with E-state index in [4.69, 9.17) is 9.47 Å². The highest BCUT2D eigenvalue weighted by Crippen LogP contribution is 2.52. The molecule has 1 saturated carbocycles. The minimum absolute atomic E-state index is 0.0577. The van der Waals surface area contributed by atoms with Gasteiger partial charge in [0.2, 0.25) is 0 Å². The van der Waals surface area contributed by atoms with Crippen molar-refractivity contribution in [3.8, 4) is 0 Å². The lowest BCUT2D eigenvalue weighted by molar-refractivity contribution is -0.251. The second kappa shape index (κ2) is 7.40. The Labute approximate surface area is 156 Å². The largest absolute Gasteiger partial charge is 0.512 e. The van der Waals surface area contributed by atoms with Crippen molar-refractivity contribution in [3.05, 3.63) is 35.3 Å². The molecule has 2 aliphatic heterocycles. The van der Waals surface area contributed by atoms with Crippen LogP contribution in [0.5, 0.6) is 0 Å². The summed E-state index contributed by atoms with van der Waals surface area (Å²) in [6, 6.07) is 0. The predicted octanol–water partition coefficient (Wildman–Crippen LogP) is 5.04. The van der Waals surface area contributed by atoms with Gasteiger partial charge < -0.3 is 19.7 Å². The van der Waals surface area contributed by atoms with Crippen LogP contribution in [0.3, 0.4) is 0 Å². The monoisotopic (exact) mass is 360 g/mol. The van der Waals surface area contributed by atoms with Crippen molar-refractivity contribution in [2.24, 2.45) is 29.6 Å². The van der Waals surface area contributed by atoms with E-state index in [1.54, 1.807) is 12.2 Å². The van der Waals surface area contributed by atoms with Gasteiger partial charge in [-0.25, -0.2) is 0 Å². The molecule has 4 heteroatoms. The number of aliphatic hydroxyl groups is 2. The molecule has 2 saturated heterocycles. The SMILES string of the molecule is CC1CCC2C3C(CC[C@H]2C)[C@@H](CC2=CC=C(O)CC=C2O)CO[C@@H]3O1. The average Bonchev–Trinajstić information content (AvgIpc) is 2.89. The summed E-state index contributed by atoms with van der Waals surface area (Å²) >= 11 is 0. The van der Waals surface area contributed by atoms with Crippen LogP contribution in [0.15, 0.2) is 35.3 Å². The van der Waals surface area contributed by atoms with Gasteiger partial charge in [0.15, 0.2) is 6.29 Å². The van der Waals surface area contributed by atoms with Gasteiger partial charge in [0.05, 0.1) is 18.5 Å². The molecule has 4 unspecified atom stereocenters. The van der Waals surface area contributed by atoms with Gasteiger partial charge in [-0.3, -0.25) is 0 Å². The van der Waals surface area contributed by atoms with Crippen LogP contribution >= 0.6 is 0 Å². The molecule has 0 bridgehead atoms. The zero-order valence-corrected chi connectivity index (χ0v) is 15.9. The lowest BCUT2D eigenvalue weighted by Crippen LogP contribution is -2.50. The number of hydrogen-bond acceptors (Lipinski definition) is 4. The van der Waals surface area contributed by atoms with Crippen LogP contribution in [0.2, 0.25) is 0 Å². The number of ether oxygens (including phenoxy) is 2. The van der Waals surface area contributed by atoms with Gasteiger partial charge in [-0.15, -0.1) is 0 Å². The van der Waals surface area contributed by atoms with Gasteiger partial charge in [0, 0.05) is 12.3 Å². The van der Waals surface area contributed by atoms with E-state index in [-0.39, 0.29) is 12.4 Å². The van der Waals surface area contributed by atoms with Crippen LogP contribution in [0.1, 0.15) is 52.4 Å². The summed E-state index contributed by atoms with van der Waals surface area (Å²) in [5, 5.41) is 20.1. The van der Waals surface area contributed by atoms with Gasteiger partial charge in [0.25, 0.3) is 0 Å². The van der Waals surface area contributed by atoms with Crippen molar-refractivity contribution >= 4 is 0 Å². The van der Waals surface area contributed by atoms with E-state index < -0.39 is 0 Å². The Morgan fingerprint density at radius 3 is 2.69 bits per heavy atom. The molecule has 0 radical (unpaired) electrons. The fourth-order valence-corrected chi connectivity index (χ4v) is 5.64. The van der Waals surface area contributed by atoms with E-state index in [9.17, 15) is 10.2 Å². The lowest BCUT2D eigenvalue weighted by atomic mass is 9.60. The van der Waals surface area contributed by atoms with E-state index in [2.05, 4.69) is 13.8 Å². The van der Waals surface area contributed by atoms with Crippen molar-refractivity contribution in [1.29, 1.82) is 0 Å². The van der Waals surface area contributed by atoms with Crippen molar-refractivity contribution in [2.45, 2.75) is 64.8 Å². The Bertz CT molecular complexity index is 620. The molecular weight excluding hydrogens is 328 g/mol. The molecule has 3 fully saturated rings. The standard InChI is InChI=1S/C22H32O4/c1-13-3-8-19-16(11-15-5-6-17(23)7-10-20(15)24)12-25-22-21(19)18(13)9-4-14(2)26-22/h5-6,10,13-14,16,18-19,21-24H,3-4,7-9,11-12H2,1-2H3/t13-,14?,16+,18?,19?,21?,22-/m1/s1. The second-order valence-electron chi connectivity index (χ2n) is 8.79. The maximum atomic E-state index is 10.4. The van der Waals surface area contributed by atoms with Gasteiger partial charge in [0.1, 0.15) is 5.76 Å². The molecule has 144 valence electrons. The van der Waals surface area contributed by atoms with Gasteiger partial charge in [-0.05, 0) is 74.0 Å².